The van der Waals surface area contributed by atoms with Gasteiger partial charge in [0.05, 0.1) is 5.52 Å². The highest BCUT2D eigenvalue weighted by Crippen LogP contribution is 2.33. The van der Waals surface area contributed by atoms with Gasteiger partial charge < -0.3 is 15.0 Å². The van der Waals surface area contributed by atoms with Gasteiger partial charge in [-0.2, -0.15) is 0 Å². The van der Waals surface area contributed by atoms with Crippen molar-refractivity contribution in [1.29, 1.82) is 0 Å². The van der Waals surface area contributed by atoms with E-state index in [0.717, 1.165) is 40.2 Å². The van der Waals surface area contributed by atoms with Gasteiger partial charge >= 0.3 is 6.36 Å². The summed E-state index contributed by atoms with van der Waals surface area (Å²) >= 11 is 0. The smallest absolute Gasteiger partial charge is 0.406 e. The van der Waals surface area contributed by atoms with Crippen molar-refractivity contribution in [2.45, 2.75) is 32.7 Å². The molecule has 3 aromatic carbocycles. The molecule has 1 heterocycles. The molecule has 0 radical (unpaired) electrons. The summed E-state index contributed by atoms with van der Waals surface area (Å²) in [6.07, 6.45) is -2.81. The van der Waals surface area contributed by atoms with Gasteiger partial charge in [-0.3, -0.25) is 4.79 Å². The van der Waals surface area contributed by atoms with Gasteiger partial charge in [-0.15, -0.1) is 13.2 Å². The average molecular weight is 426 g/mol. The zero-order valence-corrected chi connectivity index (χ0v) is 16.9. The van der Waals surface area contributed by atoms with Gasteiger partial charge in [0, 0.05) is 28.4 Å². The molecule has 0 fully saturated rings. The second-order valence-corrected chi connectivity index (χ2v) is 7.44. The number of alkyl halides is 3. The molecule has 7 heteroatoms. The van der Waals surface area contributed by atoms with Gasteiger partial charge in [0.2, 0.25) is 5.91 Å². The molecule has 0 bridgehead atoms. The Balaban J connectivity index is 1.84. The Labute approximate surface area is 177 Å². The van der Waals surface area contributed by atoms with Gasteiger partial charge in [0.25, 0.3) is 0 Å². The molecule has 0 aliphatic carbocycles. The van der Waals surface area contributed by atoms with Crippen molar-refractivity contribution in [2.75, 3.05) is 0 Å². The molecule has 4 nitrogen and oxygen atoms in total. The highest BCUT2D eigenvalue weighted by atomic mass is 19.4. The number of amides is 1. The molecule has 4 aromatic rings. The number of aromatic nitrogens is 1. The monoisotopic (exact) mass is 426 g/mol. The van der Waals surface area contributed by atoms with Crippen LogP contribution >= 0.6 is 0 Å². The molecular formula is C24H21F3N2O2. The zero-order valence-electron chi connectivity index (χ0n) is 16.9. The van der Waals surface area contributed by atoms with Crippen LogP contribution in [0.15, 0.2) is 60.7 Å². The van der Waals surface area contributed by atoms with Gasteiger partial charge in [0.1, 0.15) is 5.75 Å². The lowest BCUT2D eigenvalue weighted by molar-refractivity contribution is -0.274. The number of nitrogens with two attached hydrogens (primary N) is 1. The van der Waals surface area contributed by atoms with Crippen molar-refractivity contribution >= 4 is 27.7 Å². The molecule has 4 rings (SSSR count). The quantitative estimate of drug-likeness (QED) is 0.424. The van der Waals surface area contributed by atoms with E-state index in [0.29, 0.717) is 12.1 Å². The molecule has 0 aliphatic heterocycles. The minimum Gasteiger partial charge on any atom is -0.406 e. The first-order valence-electron chi connectivity index (χ1n) is 9.95. The summed E-state index contributed by atoms with van der Waals surface area (Å²) in [5, 5.41) is 1.70. The van der Waals surface area contributed by atoms with Gasteiger partial charge in [-0.05, 0) is 47.9 Å². The first kappa shape index (κ1) is 20.8. The van der Waals surface area contributed by atoms with Gasteiger partial charge in [-0.1, -0.05) is 43.7 Å². The van der Waals surface area contributed by atoms with Crippen LogP contribution in [0.5, 0.6) is 5.75 Å². The maximum absolute atomic E-state index is 12.4. The van der Waals surface area contributed by atoms with Crippen LogP contribution in [0.2, 0.25) is 0 Å². The Hall–Kier alpha value is -3.48. The summed E-state index contributed by atoms with van der Waals surface area (Å²) in [7, 11) is 0. The average Bonchev–Trinajstić information content (AvgIpc) is 3.02. The van der Waals surface area contributed by atoms with E-state index >= 15 is 0 Å². The van der Waals surface area contributed by atoms with Crippen molar-refractivity contribution in [3.05, 3.63) is 77.4 Å². The lowest BCUT2D eigenvalue weighted by Crippen LogP contribution is -2.17. The molecule has 0 spiro atoms. The fraction of sp³-hybridized carbons (Fsp3) is 0.208. The highest BCUT2D eigenvalue weighted by Gasteiger charge is 2.31. The Morgan fingerprint density at radius 2 is 1.71 bits per heavy atom. The maximum atomic E-state index is 12.4. The second-order valence-electron chi connectivity index (χ2n) is 7.44. The molecule has 31 heavy (non-hydrogen) atoms. The van der Waals surface area contributed by atoms with Crippen molar-refractivity contribution in [3.63, 3.8) is 0 Å². The number of halogens is 3. The molecule has 160 valence electrons. The van der Waals surface area contributed by atoms with Crippen molar-refractivity contribution in [3.8, 4) is 5.75 Å². The maximum Gasteiger partial charge on any atom is 0.573 e. The van der Waals surface area contributed by atoms with Crippen molar-refractivity contribution < 1.29 is 22.7 Å². The van der Waals surface area contributed by atoms with Crippen molar-refractivity contribution in [1.82, 2.24) is 4.57 Å². The summed E-state index contributed by atoms with van der Waals surface area (Å²) in [5.74, 6) is -0.768. The fourth-order valence-electron chi connectivity index (χ4n) is 3.99. The summed E-state index contributed by atoms with van der Waals surface area (Å²) in [6, 6.07) is 17.4. The molecule has 2 N–H and O–H groups in total. The number of nitrogens with zero attached hydrogens (tertiary/aromatic N) is 1. The van der Waals surface area contributed by atoms with E-state index < -0.39 is 12.3 Å². The van der Waals surface area contributed by atoms with Crippen molar-refractivity contribution in [2.24, 2.45) is 5.73 Å². The molecule has 0 saturated heterocycles. The summed E-state index contributed by atoms with van der Waals surface area (Å²) in [5.41, 5.74) is 9.84. The number of ether oxygens (including phenoxy) is 1. The second kappa shape index (κ2) is 7.98. The van der Waals surface area contributed by atoms with E-state index in [9.17, 15) is 18.0 Å². The number of carbonyl (C=O) groups is 1. The van der Waals surface area contributed by atoms with Crippen LogP contribution in [-0.4, -0.2) is 16.8 Å². The summed E-state index contributed by atoms with van der Waals surface area (Å²) in [6.45, 7) is 2.53. The molecular weight excluding hydrogens is 405 g/mol. The number of carbonyl (C=O) groups excluding carboxylic acids is 1. The highest BCUT2D eigenvalue weighted by molar-refractivity contribution is 6.18. The fourth-order valence-corrected chi connectivity index (χ4v) is 3.99. The van der Waals surface area contributed by atoms with Crippen LogP contribution in [0.4, 0.5) is 13.2 Å². The third kappa shape index (κ3) is 4.21. The summed E-state index contributed by atoms with van der Waals surface area (Å²) in [4.78, 5) is 12.1. The normalized spacial score (nSPS) is 11.9. The zero-order chi connectivity index (χ0) is 22.2. The number of benzene rings is 3. The van der Waals surface area contributed by atoms with Gasteiger partial charge in [0.15, 0.2) is 0 Å². The lowest BCUT2D eigenvalue weighted by Gasteiger charge is -2.11. The third-order valence-corrected chi connectivity index (χ3v) is 5.26. The van der Waals surface area contributed by atoms with E-state index in [1.165, 1.54) is 17.7 Å². The van der Waals surface area contributed by atoms with E-state index in [1.54, 1.807) is 24.3 Å². The minimum absolute atomic E-state index is 0.264. The number of rotatable bonds is 6. The predicted molar refractivity (Wildman–Crippen MR) is 114 cm³/mol. The number of aryl methyl sites for hydroxylation is 1. The largest absolute Gasteiger partial charge is 0.573 e. The number of fused-ring (bicyclic) bond motifs is 3. The molecule has 0 unspecified atom stereocenters. The Kier molecular flexibility index (Phi) is 5.35. The third-order valence-electron chi connectivity index (χ3n) is 5.26. The van der Waals surface area contributed by atoms with E-state index in [4.69, 9.17) is 5.73 Å². The van der Waals surface area contributed by atoms with Crippen LogP contribution in [0.25, 0.3) is 21.8 Å². The standard InChI is InChI=1S/C24H21F3N2O2/c1-2-4-15-9-12-18-21(13-15)29(20-6-3-5-19(22(18)20)23(28)30)14-16-7-10-17(11-8-16)31-24(25,26)27/h3,5-13H,2,4,14H2,1H3,(H2,28,30). The Morgan fingerprint density at radius 3 is 2.35 bits per heavy atom. The van der Waals surface area contributed by atoms with Crippen LogP contribution in [-0.2, 0) is 13.0 Å². The number of primary amides is 1. The summed E-state index contributed by atoms with van der Waals surface area (Å²) < 4.78 is 43.3. The van der Waals surface area contributed by atoms with E-state index in [1.807, 2.05) is 12.1 Å². The number of hydrogen-bond donors (Lipinski definition) is 1. The predicted octanol–water partition coefficient (Wildman–Crippen LogP) is 5.79. The molecule has 0 atom stereocenters. The molecule has 1 amide bonds. The Morgan fingerprint density at radius 1 is 1.00 bits per heavy atom. The lowest BCUT2D eigenvalue weighted by atomic mass is 10.0. The first-order chi connectivity index (χ1) is 14.8. The van der Waals surface area contributed by atoms with Crippen LogP contribution < -0.4 is 10.5 Å². The topological polar surface area (TPSA) is 57.2 Å². The van der Waals surface area contributed by atoms with Crippen LogP contribution in [0.1, 0.15) is 34.8 Å². The van der Waals surface area contributed by atoms with E-state index in [-0.39, 0.29) is 5.75 Å². The number of hydrogen-bond acceptors (Lipinski definition) is 2. The molecule has 0 aliphatic rings. The van der Waals surface area contributed by atoms with Crippen LogP contribution in [0, 0.1) is 0 Å². The molecule has 1 aromatic heterocycles. The SMILES string of the molecule is CCCc1ccc2c3c(C(N)=O)cccc3n(Cc3ccc(OC(F)(F)F)cc3)c2c1. The molecule has 0 saturated carbocycles. The first-order valence-corrected chi connectivity index (χ1v) is 9.95. The van der Waals surface area contributed by atoms with Gasteiger partial charge in [-0.25, -0.2) is 0 Å². The van der Waals surface area contributed by atoms with Crippen LogP contribution in [0.3, 0.4) is 0 Å². The van der Waals surface area contributed by atoms with E-state index in [2.05, 4.69) is 28.4 Å². The Bertz CT molecular complexity index is 1260. The minimum atomic E-state index is -4.73.